The zero-order valence-electron chi connectivity index (χ0n) is 11.4. The molecule has 0 radical (unpaired) electrons. The molecular weight excluding hydrogens is 228 g/mol. The maximum atomic E-state index is 4.41. The molecule has 1 N–H and O–H groups in total. The van der Waals surface area contributed by atoms with Crippen LogP contribution in [0.25, 0.3) is 0 Å². The highest BCUT2D eigenvalue weighted by molar-refractivity contribution is 7.09. The third-order valence-corrected chi connectivity index (χ3v) is 4.17. The van der Waals surface area contributed by atoms with E-state index in [1.807, 2.05) is 6.20 Å². The van der Waals surface area contributed by atoms with E-state index in [-0.39, 0.29) is 0 Å². The highest BCUT2D eigenvalue weighted by Gasteiger charge is 2.19. The van der Waals surface area contributed by atoms with Crippen molar-refractivity contribution in [2.24, 2.45) is 5.92 Å². The molecule has 0 saturated heterocycles. The lowest BCUT2D eigenvalue weighted by atomic mass is 9.89. The second kappa shape index (κ2) is 8.65. The molecule has 2 nitrogen and oxygen atoms in total. The van der Waals surface area contributed by atoms with E-state index >= 15 is 0 Å². The van der Waals surface area contributed by atoms with Crippen LogP contribution in [0.3, 0.4) is 0 Å². The minimum Gasteiger partial charge on any atom is -0.314 e. The first-order valence-electron chi connectivity index (χ1n) is 6.93. The molecule has 0 aliphatic rings. The van der Waals surface area contributed by atoms with Gasteiger partial charge in [0.05, 0.1) is 5.01 Å². The van der Waals surface area contributed by atoms with Gasteiger partial charge in [-0.05, 0) is 18.9 Å². The summed E-state index contributed by atoms with van der Waals surface area (Å²) in [6, 6.07) is 0.600. The lowest BCUT2D eigenvalue weighted by molar-refractivity contribution is 0.319. The van der Waals surface area contributed by atoms with E-state index in [0.29, 0.717) is 6.04 Å². The summed E-state index contributed by atoms with van der Waals surface area (Å²) in [6.07, 6.45) is 8.26. The monoisotopic (exact) mass is 254 g/mol. The molecule has 98 valence electrons. The Kier molecular flexibility index (Phi) is 7.45. The molecule has 0 spiro atoms. The third-order valence-electron chi connectivity index (χ3n) is 3.37. The van der Waals surface area contributed by atoms with Crippen LogP contribution in [0.15, 0.2) is 11.6 Å². The smallest absolute Gasteiger partial charge is 0.0940 e. The average molecular weight is 254 g/mol. The van der Waals surface area contributed by atoms with Crippen LogP contribution in [0.5, 0.6) is 0 Å². The van der Waals surface area contributed by atoms with Crippen molar-refractivity contribution < 1.29 is 0 Å². The van der Waals surface area contributed by atoms with E-state index in [2.05, 4.69) is 36.5 Å². The lowest BCUT2D eigenvalue weighted by Gasteiger charge is -2.26. The zero-order valence-corrected chi connectivity index (χ0v) is 12.2. The Hall–Kier alpha value is -0.410. The summed E-state index contributed by atoms with van der Waals surface area (Å²) in [5, 5.41) is 6.99. The van der Waals surface area contributed by atoms with Gasteiger partial charge in [0, 0.05) is 24.0 Å². The van der Waals surface area contributed by atoms with Crippen molar-refractivity contribution >= 4 is 11.3 Å². The largest absolute Gasteiger partial charge is 0.314 e. The van der Waals surface area contributed by atoms with E-state index in [0.717, 1.165) is 18.9 Å². The van der Waals surface area contributed by atoms with Crippen LogP contribution >= 0.6 is 11.3 Å². The van der Waals surface area contributed by atoms with E-state index in [1.54, 1.807) is 11.3 Å². The first-order chi connectivity index (χ1) is 8.31. The molecule has 0 aliphatic heterocycles. The third kappa shape index (κ3) is 5.17. The Bertz CT molecular complexity index is 272. The average Bonchev–Trinajstić information content (AvgIpc) is 2.83. The highest BCUT2D eigenvalue weighted by Crippen LogP contribution is 2.21. The fourth-order valence-electron chi connectivity index (χ4n) is 2.37. The summed E-state index contributed by atoms with van der Waals surface area (Å²) in [4.78, 5) is 4.41. The van der Waals surface area contributed by atoms with Crippen LogP contribution < -0.4 is 5.32 Å². The van der Waals surface area contributed by atoms with Crippen LogP contribution in [-0.2, 0) is 6.42 Å². The quantitative estimate of drug-likeness (QED) is 0.723. The van der Waals surface area contributed by atoms with Crippen LogP contribution in [0, 0.1) is 5.92 Å². The Morgan fingerprint density at radius 1 is 1.35 bits per heavy atom. The molecule has 1 heterocycles. The fraction of sp³-hybridized carbons (Fsp3) is 0.786. The molecular formula is C14H26N2S. The number of thiazole rings is 1. The van der Waals surface area contributed by atoms with Gasteiger partial charge in [-0.2, -0.15) is 0 Å². The minimum atomic E-state index is 0.600. The second-order valence-electron chi connectivity index (χ2n) is 4.60. The maximum absolute atomic E-state index is 4.41. The number of hydrogen-bond acceptors (Lipinski definition) is 3. The van der Waals surface area contributed by atoms with Crippen LogP contribution in [0.4, 0.5) is 0 Å². The van der Waals surface area contributed by atoms with Gasteiger partial charge in [-0.25, -0.2) is 4.98 Å². The molecule has 0 saturated carbocycles. The van der Waals surface area contributed by atoms with Gasteiger partial charge in [-0.1, -0.05) is 40.0 Å². The molecule has 2 unspecified atom stereocenters. The number of hydrogen-bond donors (Lipinski definition) is 1. The molecule has 0 fully saturated rings. The van der Waals surface area contributed by atoms with Crippen LogP contribution in [-0.4, -0.2) is 17.6 Å². The van der Waals surface area contributed by atoms with E-state index in [4.69, 9.17) is 0 Å². The van der Waals surface area contributed by atoms with E-state index < -0.39 is 0 Å². The SMILES string of the molecule is CCCCC(CC)C(Cc1nccs1)NCC. The van der Waals surface area contributed by atoms with Gasteiger partial charge in [-0.3, -0.25) is 0 Å². The van der Waals surface area contributed by atoms with Gasteiger partial charge in [0.15, 0.2) is 0 Å². The molecule has 1 rings (SSSR count). The van der Waals surface area contributed by atoms with Crippen molar-refractivity contribution in [2.45, 2.75) is 58.9 Å². The molecule has 1 aromatic heterocycles. The summed E-state index contributed by atoms with van der Waals surface area (Å²) in [7, 11) is 0. The molecule has 1 aromatic rings. The van der Waals surface area contributed by atoms with E-state index in [9.17, 15) is 0 Å². The standard InChI is InChI=1S/C14H26N2S/c1-4-7-8-12(5-2)13(15-6-3)11-14-16-9-10-17-14/h9-10,12-13,15H,4-8,11H2,1-3H3. The van der Waals surface area contributed by atoms with Crippen molar-refractivity contribution in [2.75, 3.05) is 6.54 Å². The van der Waals surface area contributed by atoms with Gasteiger partial charge >= 0.3 is 0 Å². The van der Waals surface area contributed by atoms with Gasteiger partial charge in [0.25, 0.3) is 0 Å². The Morgan fingerprint density at radius 3 is 2.71 bits per heavy atom. The summed E-state index contributed by atoms with van der Waals surface area (Å²) in [6.45, 7) is 7.84. The van der Waals surface area contributed by atoms with Crippen LogP contribution in [0.2, 0.25) is 0 Å². The number of nitrogens with zero attached hydrogens (tertiary/aromatic N) is 1. The Morgan fingerprint density at radius 2 is 2.18 bits per heavy atom. The summed E-state index contributed by atoms with van der Waals surface area (Å²) >= 11 is 1.78. The lowest BCUT2D eigenvalue weighted by Crippen LogP contribution is -2.37. The van der Waals surface area contributed by atoms with Gasteiger partial charge in [0.1, 0.15) is 0 Å². The van der Waals surface area contributed by atoms with Gasteiger partial charge in [-0.15, -0.1) is 11.3 Å². The summed E-state index contributed by atoms with van der Waals surface area (Å²) < 4.78 is 0. The Labute approximate surface area is 110 Å². The molecule has 0 bridgehead atoms. The predicted octanol–water partition coefficient (Wildman–Crippen LogP) is 3.88. The van der Waals surface area contributed by atoms with Gasteiger partial charge < -0.3 is 5.32 Å². The number of nitrogens with one attached hydrogen (secondary N) is 1. The first kappa shape index (κ1) is 14.7. The predicted molar refractivity (Wildman–Crippen MR) is 76.6 cm³/mol. The van der Waals surface area contributed by atoms with Crippen molar-refractivity contribution in [3.05, 3.63) is 16.6 Å². The molecule has 2 atom stereocenters. The molecule has 0 aromatic carbocycles. The number of unbranched alkanes of at least 4 members (excludes halogenated alkanes) is 1. The van der Waals surface area contributed by atoms with Crippen molar-refractivity contribution in [1.82, 2.24) is 10.3 Å². The highest BCUT2D eigenvalue weighted by atomic mass is 32.1. The second-order valence-corrected chi connectivity index (χ2v) is 5.58. The first-order valence-corrected chi connectivity index (χ1v) is 7.81. The topological polar surface area (TPSA) is 24.9 Å². The fourth-order valence-corrected chi connectivity index (χ4v) is 3.04. The molecule has 3 heteroatoms. The van der Waals surface area contributed by atoms with Crippen LogP contribution in [0.1, 0.15) is 51.5 Å². The van der Waals surface area contributed by atoms with Crippen molar-refractivity contribution in [3.8, 4) is 0 Å². The number of rotatable bonds is 9. The molecule has 17 heavy (non-hydrogen) atoms. The summed E-state index contributed by atoms with van der Waals surface area (Å²) in [5.41, 5.74) is 0. The number of likely N-dealkylation sites (N-methyl/N-ethyl adjacent to an activating group) is 1. The maximum Gasteiger partial charge on any atom is 0.0940 e. The van der Waals surface area contributed by atoms with E-state index in [1.165, 1.54) is 30.7 Å². The minimum absolute atomic E-state index is 0.600. The zero-order chi connectivity index (χ0) is 12.5. The van der Waals surface area contributed by atoms with Crippen molar-refractivity contribution in [3.63, 3.8) is 0 Å². The van der Waals surface area contributed by atoms with Crippen molar-refractivity contribution in [1.29, 1.82) is 0 Å². The molecule has 0 aliphatic carbocycles. The van der Waals surface area contributed by atoms with Gasteiger partial charge in [0.2, 0.25) is 0 Å². The summed E-state index contributed by atoms with van der Waals surface area (Å²) in [5.74, 6) is 0.791. The number of aromatic nitrogens is 1. The Balaban J connectivity index is 2.55. The molecule has 0 amide bonds. The normalized spacial score (nSPS) is 14.8.